The number of hydrogen-bond acceptors (Lipinski definition) is 4. The molecule has 4 aromatic rings. The Kier molecular flexibility index (Phi) is 5.05. The third kappa shape index (κ3) is 3.41. The van der Waals surface area contributed by atoms with Crippen molar-refractivity contribution in [1.82, 2.24) is 14.5 Å². The molecule has 1 aliphatic carbocycles. The first-order chi connectivity index (χ1) is 15.2. The standard InChI is InChI=1S/C24H20ClN5O/c25-18-11-5-4-10-16(18)24(31)29-22-17(14-26)21-23(30(22)15-8-2-1-3-9-15)28-20-13-7-6-12-19(20)27-21/h4-7,10-13,15H,1-3,8-9H2,(H,29,31). The molecule has 1 N–H and O–H groups in total. The second-order valence-corrected chi connectivity index (χ2v) is 8.22. The highest BCUT2D eigenvalue weighted by molar-refractivity contribution is 6.34. The monoisotopic (exact) mass is 429 g/mol. The highest BCUT2D eigenvalue weighted by Gasteiger charge is 2.28. The van der Waals surface area contributed by atoms with Gasteiger partial charge in [-0.25, -0.2) is 9.97 Å². The summed E-state index contributed by atoms with van der Waals surface area (Å²) in [4.78, 5) is 22.7. The van der Waals surface area contributed by atoms with Crippen molar-refractivity contribution in [2.45, 2.75) is 38.1 Å². The number of hydrogen-bond donors (Lipinski definition) is 1. The van der Waals surface area contributed by atoms with Gasteiger partial charge in [-0.2, -0.15) is 5.26 Å². The van der Waals surface area contributed by atoms with Crippen LogP contribution in [0.15, 0.2) is 48.5 Å². The Hall–Kier alpha value is -3.43. The molecule has 31 heavy (non-hydrogen) atoms. The number of carbonyl (C=O) groups is 1. The highest BCUT2D eigenvalue weighted by Crippen LogP contribution is 2.38. The number of rotatable bonds is 3. The van der Waals surface area contributed by atoms with E-state index in [9.17, 15) is 10.1 Å². The topological polar surface area (TPSA) is 83.6 Å². The quantitative estimate of drug-likeness (QED) is 0.441. The number of aromatic nitrogens is 3. The zero-order valence-electron chi connectivity index (χ0n) is 16.8. The van der Waals surface area contributed by atoms with Gasteiger partial charge in [0.15, 0.2) is 5.65 Å². The van der Waals surface area contributed by atoms with Crippen LogP contribution < -0.4 is 5.32 Å². The number of para-hydroxylation sites is 2. The summed E-state index contributed by atoms with van der Waals surface area (Å²) in [5.41, 5.74) is 3.32. The van der Waals surface area contributed by atoms with Gasteiger partial charge in [0.25, 0.3) is 5.91 Å². The van der Waals surface area contributed by atoms with Crippen LogP contribution in [-0.4, -0.2) is 20.4 Å². The Labute approximate surface area is 184 Å². The molecule has 0 atom stereocenters. The predicted octanol–water partition coefficient (Wildman–Crippen LogP) is 5.87. The van der Waals surface area contributed by atoms with Gasteiger partial charge in [-0.05, 0) is 37.1 Å². The Morgan fingerprint density at radius 1 is 1.03 bits per heavy atom. The smallest absolute Gasteiger partial charge is 0.258 e. The summed E-state index contributed by atoms with van der Waals surface area (Å²) in [5.74, 6) is 0.0937. The molecule has 154 valence electrons. The molecule has 7 heteroatoms. The van der Waals surface area contributed by atoms with Crippen molar-refractivity contribution < 1.29 is 4.79 Å². The zero-order chi connectivity index (χ0) is 21.4. The number of fused-ring (bicyclic) bond motifs is 2. The van der Waals surface area contributed by atoms with Gasteiger partial charge in [0.1, 0.15) is 23.0 Å². The van der Waals surface area contributed by atoms with Crippen molar-refractivity contribution in [2.24, 2.45) is 0 Å². The molecular weight excluding hydrogens is 410 g/mol. The van der Waals surface area contributed by atoms with Gasteiger partial charge >= 0.3 is 0 Å². The molecule has 1 fully saturated rings. The van der Waals surface area contributed by atoms with E-state index < -0.39 is 0 Å². The first-order valence-electron chi connectivity index (χ1n) is 10.4. The fraction of sp³-hybridized carbons (Fsp3) is 0.250. The van der Waals surface area contributed by atoms with Gasteiger partial charge in [0, 0.05) is 6.04 Å². The molecule has 0 saturated heterocycles. The molecule has 0 unspecified atom stereocenters. The number of amides is 1. The molecule has 5 rings (SSSR count). The summed E-state index contributed by atoms with van der Waals surface area (Å²) in [5, 5.41) is 13.4. The molecule has 6 nitrogen and oxygen atoms in total. The summed E-state index contributed by atoms with van der Waals surface area (Å²) in [6, 6.07) is 16.9. The van der Waals surface area contributed by atoms with Crippen LogP contribution in [-0.2, 0) is 0 Å². The molecular formula is C24H20ClN5O. The number of benzene rings is 2. The lowest BCUT2D eigenvalue weighted by Gasteiger charge is -2.26. The van der Waals surface area contributed by atoms with Gasteiger partial charge in [-0.1, -0.05) is 55.1 Å². The van der Waals surface area contributed by atoms with Crippen LogP contribution in [0.1, 0.15) is 54.1 Å². The maximum absolute atomic E-state index is 13.1. The molecule has 1 saturated carbocycles. The van der Waals surface area contributed by atoms with Gasteiger partial charge < -0.3 is 9.88 Å². The molecule has 2 aromatic carbocycles. The fourth-order valence-corrected chi connectivity index (χ4v) is 4.63. The average molecular weight is 430 g/mol. The molecule has 0 aliphatic heterocycles. The van der Waals surface area contributed by atoms with E-state index >= 15 is 0 Å². The minimum atomic E-state index is -0.355. The Bertz CT molecular complexity index is 1350. The van der Waals surface area contributed by atoms with E-state index in [-0.39, 0.29) is 11.9 Å². The lowest BCUT2D eigenvalue weighted by atomic mass is 9.95. The van der Waals surface area contributed by atoms with Gasteiger partial charge in [-0.3, -0.25) is 4.79 Å². The van der Waals surface area contributed by atoms with E-state index in [1.807, 2.05) is 28.8 Å². The Balaban J connectivity index is 1.73. The molecule has 1 amide bonds. The van der Waals surface area contributed by atoms with E-state index in [4.69, 9.17) is 21.6 Å². The van der Waals surface area contributed by atoms with Gasteiger partial charge in [0.05, 0.1) is 21.6 Å². The fourth-order valence-electron chi connectivity index (χ4n) is 4.41. The minimum absolute atomic E-state index is 0.148. The summed E-state index contributed by atoms with van der Waals surface area (Å²) in [6.07, 6.45) is 5.34. The van der Waals surface area contributed by atoms with Crippen molar-refractivity contribution in [3.8, 4) is 6.07 Å². The van der Waals surface area contributed by atoms with Crippen molar-refractivity contribution >= 4 is 45.5 Å². The zero-order valence-corrected chi connectivity index (χ0v) is 17.6. The van der Waals surface area contributed by atoms with Gasteiger partial charge in [-0.15, -0.1) is 0 Å². The average Bonchev–Trinajstić information content (AvgIpc) is 3.10. The summed E-state index contributed by atoms with van der Waals surface area (Å²) in [7, 11) is 0. The molecule has 2 aromatic heterocycles. The maximum Gasteiger partial charge on any atom is 0.258 e. The number of carbonyl (C=O) groups excluding carboxylic acids is 1. The van der Waals surface area contributed by atoms with Crippen molar-refractivity contribution in [1.29, 1.82) is 5.26 Å². The van der Waals surface area contributed by atoms with E-state index in [0.717, 1.165) is 36.7 Å². The minimum Gasteiger partial charge on any atom is -0.307 e. The number of nitrogens with one attached hydrogen (secondary N) is 1. The normalized spacial score (nSPS) is 14.6. The summed E-state index contributed by atoms with van der Waals surface area (Å²) in [6.45, 7) is 0. The van der Waals surface area contributed by atoms with E-state index in [1.54, 1.807) is 24.3 Å². The van der Waals surface area contributed by atoms with Crippen molar-refractivity contribution in [3.63, 3.8) is 0 Å². The highest BCUT2D eigenvalue weighted by atomic mass is 35.5. The first kappa shape index (κ1) is 19.5. The first-order valence-corrected chi connectivity index (χ1v) is 10.8. The lowest BCUT2D eigenvalue weighted by molar-refractivity contribution is 0.102. The van der Waals surface area contributed by atoms with E-state index in [0.29, 0.717) is 33.1 Å². The number of nitrogens with zero attached hydrogens (tertiary/aromatic N) is 4. The van der Waals surface area contributed by atoms with Crippen LogP contribution >= 0.6 is 11.6 Å². The third-order valence-electron chi connectivity index (χ3n) is 5.90. The predicted molar refractivity (Wildman–Crippen MR) is 121 cm³/mol. The Morgan fingerprint density at radius 2 is 1.71 bits per heavy atom. The molecule has 2 heterocycles. The van der Waals surface area contributed by atoms with Gasteiger partial charge in [0.2, 0.25) is 0 Å². The third-order valence-corrected chi connectivity index (χ3v) is 6.23. The summed E-state index contributed by atoms with van der Waals surface area (Å²) >= 11 is 6.24. The number of anilines is 1. The second kappa shape index (κ2) is 8.01. The van der Waals surface area contributed by atoms with Crippen molar-refractivity contribution in [2.75, 3.05) is 5.32 Å². The summed E-state index contributed by atoms with van der Waals surface area (Å²) < 4.78 is 2.02. The molecule has 0 radical (unpaired) electrons. The second-order valence-electron chi connectivity index (χ2n) is 7.82. The van der Waals surface area contributed by atoms with E-state index in [1.165, 1.54) is 6.42 Å². The number of halogens is 1. The van der Waals surface area contributed by atoms with Crippen LogP contribution in [0.25, 0.3) is 22.2 Å². The lowest BCUT2D eigenvalue weighted by Crippen LogP contribution is -2.20. The van der Waals surface area contributed by atoms with Crippen LogP contribution in [0.3, 0.4) is 0 Å². The SMILES string of the molecule is N#Cc1c(NC(=O)c2ccccc2Cl)n(C2CCCCC2)c2nc3ccccc3nc12. The van der Waals surface area contributed by atoms with Crippen LogP contribution in [0.5, 0.6) is 0 Å². The number of nitriles is 1. The maximum atomic E-state index is 13.1. The Morgan fingerprint density at radius 3 is 2.42 bits per heavy atom. The molecule has 0 spiro atoms. The van der Waals surface area contributed by atoms with Crippen LogP contribution in [0, 0.1) is 11.3 Å². The largest absolute Gasteiger partial charge is 0.307 e. The van der Waals surface area contributed by atoms with Crippen molar-refractivity contribution in [3.05, 3.63) is 64.7 Å². The molecule has 1 aliphatic rings. The van der Waals surface area contributed by atoms with Crippen LogP contribution in [0.2, 0.25) is 5.02 Å². The molecule has 0 bridgehead atoms. The van der Waals surface area contributed by atoms with E-state index in [2.05, 4.69) is 11.4 Å². The van der Waals surface area contributed by atoms with Crippen LogP contribution in [0.4, 0.5) is 5.82 Å².